The van der Waals surface area contributed by atoms with Crippen molar-refractivity contribution in [3.8, 4) is 0 Å². The van der Waals surface area contributed by atoms with E-state index >= 15 is 0 Å². The predicted molar refractivity (Wildman–Crippen MR) is 80.0 cm³/mol. The van der Waals surface area contributed by atoms with E-state index in [0.717, 1.165) is 12.8 Å². The monoisotopic (exact) mass is 360 g/mol. The van der Waals surface area contributed by atoms with Crippen LogP contribution < -0.4 is 5.14 Å². The van der Waals surface area contributed by atoms with E-state index in [1.54, 1.807) is 17.9 Å². The minimum atomic E-state index is -3.87. The number of rotatable bonds is 2. The fraction of sp³-hybridized carbons (Fsp3) is 0.462. The number of halogens is 1. The molecule has 1 fully saturated rings. The first-order valence-electron chi connectivity index (χ1n) is 6.35. The predicted octanol–water partition coefficient (Wildman–Crippen LogP) is 2.03. The Morgan fingerprint density at radius 3 is 2.60 bits per heavy atom. The molecule has 2 N–H and O–H groups in total. The molecule has 0 aliphatic carbocycles. The van der Waals surface area contributed by atoms with Crippen LogP contribution in [0.15, 0.2) is 21.5 Å². The molecule has 0 bridgehead atoms. The molecule has 1 aliphatic rings. The van der Waals surface area contributed by atoms with Crippen molar-refractivity contribution in [1.82, 2.24) is 4.90 Å². The molecule has 1 atom stereocenters. The molecular weight excluding hydrogens is 344 g/mol. The van der Waals surface area contributed by atoms with Gasteiger partial charge in [0.25, 0.3) is 5.91 Å². The number of carbonyl (C=O) groups excluding carboxylic acids is 1. The number of likely N-dealkylation sites (tertiary alicyclic amines) is 1. The lowest BCUT2D eigenvalue weighted by atomic mass is 10.1. The molecule has 0 spiro atoms. The number of aryl methyl sites for hydroxylation is 1. The Labute approximate surface area is 127 Å². The highest BCUT2D eigenvalue weighted by Crippen LogP contribution is 2.28. The Morgan fingerprint density at radius 2 is 2.10 bits per heavy atom. The van der Waals surface area contributed by atoms with Gasteiger partial charge < -0.3 is 4.90 Å². The molecule has 5 nitrogen and oxygen atoms in total. The summed E-state index contributed by atoms with van der Waals surface area (Å²) >= 11 is 3.21. The third kappa shape index (κ3) is 2.89. The van der Waals surface area contributed by atoms with Crippen molar-refractivity contribution in [2.45, 2.75) is 37.6 Å². The average molecular weight is 361 g/mol. The normalized spacial score (nSPS) is 19.4. The lowest BCUT2D eigenvalue weighted by molar-refractivity contribution is 0.0747. The fourth-order valence-electron chi connectivity index (χ4n) is 2.47. The number of primary sulfonamides is 1. The minimum Gasteiger partial charge on any atom is -0.336 e. The van der Waals surface area contributed by atoms with Crippen molar-refractivity contribution in [2.24, 2.45) is 5.14 Å². The molecule has 1 heterocycles. The van der Waals surface area contributed by atoms with Gasteiger partial charge in [0.05, 0.1) is 4.90 Å². The van der Waals surface area contributed by atoms with Crippen molar-refractivity contribution in [3.05, 3.63) is 27.7 Å². The van der Waals surface area contributed by atoms with Crippen molar-refractivity contribution in [2.75, 3.05) is 6.54 Å². The highest BCUT2D eigenvalue weighted by atomic mass is 79.9. The number of hydrogen-bond donors (Lipinski definition) is 1. The number of sulfonamides is 1. The van der Waals surface area contributed by atoms with Gasteiger partial charge in [0, 0.05) is 22.6 Å². The van der Waals surface area contributed by atoms with Crippen LogP contribution in [0.25, 0.3) is 0 Å². The first-order chi connectivity index (χ1) is 9.21. The van der Waals surface area contributed by atoms with E-state index in [1.165, 1.54) is 6.07 Å². The van der Waals surface area contributed by atoms with E-state index in [1.807, 2.05) is 6.92 Å². The smallest absolute Gasteiger partial charge is 0.254 e. The van der Waals surface area contributed by atoms with Crippen molar-refractivity contribution < 1.29 is 13.2 Å². The quantitative estimate of drug-likeness (QED) is 0.875. The van der Waals surface area contributed by atoms with Gasteiger partial charge in [-0.3, -0.25) is 4.79 Å². The van der Waals surface area contributed by atoms with Crippen LogP contribution in [0.4, 0.5) is 0 Å². The van der Waals surface area contributed by atoms with Crippen LogP contribution in [0, 0.1) is 6.92 Å². The zero-order valence-electron chi connectivity index (χ0n) is 11.4. The van der Waals surface area contributed by atoms with Gasteiger partial charge in [-0.25, -0.2) is 13.6 Å². The van der Waals surface area contributed by atoms with Crippen molar-refractivity contribution in [1.29, 1.82) is 0 Å². The van der Waals surface area contributed by atoms with Gasteiger partial charge in [0.15, 0.2) is 0 Å². The molecule has 1 aromatic carbocycles. The zero-order chi connectivity index (χ0) is 15.1. The molecule has 1 unspecified atom stereocenters. The van der Waals surface area contributed by atoms with E-state index < -0.39 is 10.0 Å². The van der Waals surface area contributed by atoms with Crippen molar-refractivity contribution in [3.63, 3.8) is 0 Å². The maximum Gasteiger partial charge on any atom is 0.254 e. The Morgan fingerprint density at radius 1 is 1.45 bits per heavy atom. The fourth-order valence-corrected chi connectivity index (χ4v) is 4.08. The van der Waals surface area contributed by atoms with Crippen molar-refractivity contribution >= 4 is 31.9 Å². The van der Waals surface area contributed by atoms with Crippen LogP contribution in [0.5, 0.6) is 0 Å². The summed E-state index contributed by atoms with van der Waals surface area (Å²) in [6.07, 6.45) is 1.95. The van der Waals surface area contributed by atoms with E-state index in [9.17, 15) is 13.2 Å². The summed E-state index contributed by atoms with van der Waals surface area (Å²) in [6, 6.07) is 3.22. The molecule has 0 saturated carbocycles. The Hall–Kier alpha value is -0.920. The van der Waals surface area contributed by atoms with E-state index in [0.29, 0.717) is 22.1 Å². The van der Waals surface area contributed by atoms with Gasteiger partial charge in [-0.1, -0.05) is 0 Å². The standard InChI is InChI=1S/C13H17BrN2O3S/c1-8-6-10(7-11(12(8)14)20(15,18)19)13(17)16-5-3-4-9(16)2/h6-7,9H,3-5H2,1-2H3,(H2,15,18,19). The Bertz CT molecular complexity index is 658. The zero-order valence-corrected chi connectivity index (χ0v) is 13.8. The molecule has 0 radical (unpaired) electrons. The second kappa shape index (κ2) is 5.46. The lowest BCUT2D eigenvalue weighted by Crippen LogP contribution is -2.33. The van der Waals surface area contributed by atoms with Crippen LogP contribution in [0.1, 0.15) is 35.7 Å². The maximum absolute atomic E-state index is 12.5. The van der Waals surface area contributed by atoms with Crippen LogP contribution >= 0.6 is 15.9 Å². The average Bonchev–Trinajstić information content (AvgIpc) is 2.76. The molecule has 1 amide bonds. The van der Waals surface area contributed by atoms with Gasteiger partial charge in [-0.15, -0.1) is 0 Å². The third-order valence-corrected chi connectivity index (χ3v) is 5.84. The number of benzene rings is 1. The molecule has 2 rings (SSSR count). The molecule has 1 aromatic rings. The third-order valence-electron chi connectivity index (χ3n) is 3.59. The summed E-state index contributed by atoms with van der Waals surface area (Å²) in [5.74, 6) is -0.143. The summed E-state index contributed by atoms with van der Waals surface area (Å²) in [5.41, 5.74) is 1.04. The van der Waals surface area contributed by atoms with Gasteiger partial charge in [0.1, 0.15) is 0 Å². The van der Waals surface area contributed by atoms with Gasteiger partial charge >= 0.3 is 0 Å². The number of amides is 1. The molecule has 1 saturated heterocycles. The molecule has 20 heavy (non-hydrogen) atoms. The van der Waals surface area contributed by atoms with Crippen LogP contribution in [-0.2, 0) is 10.0 Å². The Kier molecular flexibility index (Phi) is 4.22. The number of nitrogens with two attached hydrogens (primary N) is 1. The van der Waals surface area contributed by atoms with E-state index in [-0.39, 0.29) is 16.8 Å². The summed E-state index contributed by atoms with van der Waals surface area (Å²) in [5, 5.41) is 5.19. The van der Waals surface area contributed by atoms with E-state index in [4.69, 9.17) is 5.14 Å². The highest BCUT2D eigenvalue weighted by Gasteiger charge is 2.27. The summed E-state index contributed by atoms with van der Waals surface area (Å²) in [4.78, 5) is 14.2. The second-order valence-corrected chi connectivity index (χ2v) is 7.46. The number of nitrogens with zero attached hydrogens (tertiary/aromatic N) is 1. The summed E-state index contributed by atoms with van der Waals surface area (Å²) in [7, 11) is -3.87. The first kappa shape index (κ1) is 15.5. The molecule has 1 aliphatic heterocycles. The SMILES string of the molecule is Cc1cc(C(=O)N2CCCC2C)cc(S(N)(=O)=O)c1Br. The molecule has 110 valence electrons. The highest BCUT2D eigenvalue weighted by molar-refractivity contribution is 9.10. The molecule has 0 aromatic heterocycles. The summed E-state index contributed by atoms with van der Waals surface area (Å²) < 4.78 is 23.6. The largest absolute Gasteiger partial charge is 0.336 e. The number of hydrogen-bond acceptors (Lipinski definition) is 3. The second-order valence-electron chi connectivity index (χ2n) is 5.14. The van der Waals surface area contributed by atoms with Gasteiger partial charge in [-0.05, 0) is 60.3 Å². The molecule has 7 heteroatoms. The first-order valence-corrected chi connectivity index (χ1v) is 8.69. The molecular formula is C13H17BrN2O3S. The minimum absolute atomic E-state index is 0.0484. The van der Waals surface area contributed by atoms with Crippen LogP contribution in [0.3, 0.4) is 0 Å². The number of carbonyl (C=O) groups is 1. The van der Waals surface area contributed by atoms with E-state index in [2.05, 4.69) is 15.9 Å². The van der Waals surface area contributed by atoms with Crippen LogP contribution in [-0.4, -0.2) is 31.8 Å². The van der Waals surface area contributed by atoms with Crippen LogP contribution in [0.2, 0.25) is 0 Å². The summed E-state index contributed by atoms with van der Waals surface area (Å²) in [6.45, 7) is 4.44. The topological polar surface area (TPSA) is 80.5 Å². The van der Waals surface area contributed by atoms with Gasteiger partial charge in [0.2, 0.25) is 10.0 Å². The Balaban J connectivity index is 2.48. The maximum atomic E-state index is 12.5. The lowest BCUT2D eigenvalue weighted by Gasteiger charge is -2.22. The van der Waals surface area contributed by atoms with Gasteiger partial charge in [-0.2, -0.15) is 0 Å².